The van der Waals surface area contributed by atoms with Crippen LogP contribution in [-0.4, -0.2) is 30.4 Å². The molecule has 112 valence electrons. The number of amides is 1. The molecule has 2 fully saturated rings. The molecule has 4 heteroatoms. The molecule has 19 heavy (non-hydrogen) atoms. The largest absolute Gasteiger partial charge is 0.342 e. The van der Waals surface area contributed by atoms with Gasteiger partial charge in [-0.2, -0.15) is 0 Å². The minimum Gasteiger partial charge on any atom is -0.342 e. The van der Waals surface area contributed by atoms with Gasteiger partial charge in [0.05, 0.1) is 0 Å². The van der Waals surface area contributed by atoms with Gasteiger partial charge in [-0.15, -0.1) is 12.4 Å². The van der Waals surface area contributed by atoms with E-state index in [0.29, 0.717) is 18.4 Å². The van der Waals surface area contributed by atoms with Crippen LogP contribution in [-0.2, 0) is 4.79 Å². The Morgan fingerprint density at radius 1 is 1.32 bits per heavy atom. The number of likely N-dealkylation sites (tertiary alicyclic amines) is 1. The average molecular weight is 289 g/mol. The molecule has 1 saturated carbocycles. The van der Waals surface area contributed by atoms with E-state index in [1.807, 2.05) is 0 Å². The molecule has 2 rings (SSSR count). The number of hydrogen-bond donors (Lipinski definition) is 1. The van der Waals surface area contributed by atoms with E-state index < -0.39 is 0 Å². The van der Waals surface area contributed by atoms with Crippen LogP contribution in [0.1, 0.15) is 46.0 Å². The van der Waals surface area contributed by atoms with Gasteiger partial charge in [-0.25, -0.2) is 0 Å². The Morgan fingerprint density at radius 3 is 2.68 bits per heavy atom. The summed E-state index contributed by atoms with van der Waals surface area (Å²) in [6.07, 6.45) is 5.85. The van der Waals surface area contributed by atoms with Crippen LogP contribution in [0.15, 0.2) is 0 Å². The lowest BCUT2D eigenvalue weighted by molar-refractivity contribution is -0.135. The Morgan fingerprint density at radius 2 is 2.05 bits per heavy atom. The second-order valence-electron chi connectivity index (χ2n) is 6.60. The average Bonchev–Trinajstić information content (AvgIpc) is 2.95. The van der Waals surface area contributed by atoms with Crippen LogP contribution in [0.2, 0.25) is 0 Å². The summed E-state index contributed by atoms with van der Waals surface area (Å²) in [6, 6.07) is 0. The van der Waals surface area contributed by atoms with Gasteiger partial charge >= 0.3 is 0 Å². The Hall–Kier alpha value is -0.280. The van der Waals surface area contributed by atoms with Crippen molar-refractivity contribution in [3.8, 4) is 0 Å². The van der Waals surface area contributed by atoms with Crippen LogP contribution < -0.4 is 5.73 Å². The molecule has 1 unspecified atom stereocenters. The number of rotatable bonds is 4. The van der Waals surface area contributed by atoms with Gasteiger partial charge in [-0.3, -0.25) is 4.79 Å². The molecule has 0 aromatic heterocycles. The highest BCUT2D eigenvalue weighted by molar-refractivity contribution is 5.85. The Kier molecular flexibility index (Phi) is 6.61. The topological polar surface area (TPSA) is 46.3 Å². The number of carbonyl (C=O) groups is 1. The van der Waals surface area contributed by atoms with E-state index in [-0.39, 0.29) is 18.3 Å². The summed E-state index contributed by atoms with van der Waals surface area (Å²) >= 11 is 0. The maximum Gasteiger partial charge on any atom is 0.226 e. The highest BCUT2D eigenvalue weighted by Crippen LogP contribution is 2.34. The molecule has 1 aliphatic carbocycles. The predicted molar refractivity (Wildman–Crippen MR) is 81.3 cm³/mol. The fourth-order valence-electron chi connectivity index (χ4n) is 3.77. The van der Waals surface area contributed by atoms with Gasteiger partial charge < -0.3 is 10.6 Å². The molecule has 0 radical (unpaired) electrons. The highest BCUT2D eigenvalue weighted by Gasteiger charge is 2.37. The van der Waals surface area contributed by atoms with Crippen LogP contribution in [0.3, 0.4) is 0 Å². The van der Waals surface area contributed by atoms with E-state index in [1.165, 1.54) is 19.3 Å². The number of nitrogens with zero attached hydrogens (tertiary/aromatic N) is 1. The molecular weight excluding hydrogens is 260 g/mol. The number of hydrogen-bond acceptors (Lipinski definition) is 2. The molecule has 0 spiro atoms. The van der Waals surface area contributed by atoms with E-state index >= 15 is 0 Å². The summed E-state index contributed by atoms with van der Waals surface area (Å²) in [7, 11) is 0. The predicted octanol–water partition coefficient (Wildman–Crippen LogP) is 2.68. The van der Waals surface area contributed by atoms with Crippen molar-refractivity contribution in [2.75, 3.05) is 19.6 Å². The summed E-state index contributed by atoms with van der Waals surface area (Å²) in [6.45, 7) is 7.19. The minimum absolute atomic E-state index is 0. The summed E-state index contributed by atoms with van der Waals surface area (Å²) in [4.78, 5) is 14.6. The lowest BCUT2D eigenvalue weighted by Crippen LogP contribution is -2.37. The molecule has 3 atom stereocenters. The Balaban J connectivity index is 0.00000180. The van der Waals surface area contributed by atoms with E-state index in [0.717, 1.165) is 37.8 Å². The van der Waals surface area contributed by atoms with Gasteiger partial charge in [0.15, 0.2) is 0 Å². The molecule has 0 bridgehead atoms. The first kappa shape index (κ1) is 16.8. The molecule has 2 N–H and O–H groups in total. The lowest BCUT2D eigenvalue weighted by Gasteiger charge is -2.24. The first-order valence-electron chi connectivity index (χ1n) is 7.60. The van der Waals surface area contributed by atoms with Crippen molar-refractivity contribution in [2.45, 2.75) is 46.0 Å². The van der Waals surface area contributed by atoms with Gasteiger partial charge in [0, 0.05) is 19.0 Å². The molecule has 1 aliphatic heterocycles. The summed E-state index contributed by atoms with van der Waals surface area (Å²) < 4.78 is 0. The molecule has 2 aliphatic rings. The first-order valence-corrected chi connectivity index (χ1v) is 7.60. The molecule has 1 heterocycles. The monoisotopic (exact) mass is 288 g/mol. The number of carbonyl (C=O) groups excluding carboxylic acids is 1. The quantitative estimate of drug-likeness (QED) is 0.864. The standard InChI is InChI=1S/C15H28N2O.ClH/c1-11(2)8-12-6-7-17(10-12)15(18)14-5-3-4-13(14)9-16;/h11-14H,3-10,16H2,1-2H3;1H/t12?,13-,14-;/m1./s1. The zero-order valence-corrected chi connectivity index (χ0v) is 13.1. The highest BCUT2D eigenvalue weighted by atomic mass is 35.5. The Bertz CT molecular complexity index is 296. The Labute approximate surface area is 123 Å². The van der Waals surface area contributed by atoms with Crippen LogP contribution in [0, 0.1) is 23.7 Å². The number of halogens is 1. The van der Waals surface area contributed by atoms with Crippen molar-refractivity contribution in [2.24, 2.45) is 29.4 Å². The van der Waals surface area contributed by atoms with Gasteiger partial charge in [-0.05, 0) is 50.0 Å². The van der Waals surface area contributed by atoms with E-state index in [4.69, 9.17) is 5.73 Å². The third-order valence-corrected chi connectivity index (χ3v) is 4.68. The fraction of sp³-hybridized carbons (Fsp3) is 0.933. The SMILES string of the molecule is CC(C)CC1CCN(C(=O)[C@@H]2CCC[C@@H]2CN)C1.Cl. The van der Waals surface area contributed by atoms with Crippen molar-refractivity contribution in [1.82, 2.24) is 4.90 Å². The van der Waals surface area contributed by atoms with E-state index in [1.54, 1.807) is 0 Å². The first-order chi connectivity index (χ1) is 8.61. The summed E-state index contributed by atoms with van der Waals surface area (Å²) in [5, 5.41) is 0. The fourth-order valence-corrected chi connectivity index (χ4v) is 3.77. The van der Waals surface area contributed by atoms with Crippen molar-refractivity contribution in [3.05, 3.63) is 0 Å². The zero-order valence-electron chi connectivity index (χ0n) is 12.3. The molecule has 0 aromatic rings. The van der Waals surface area contributed by atoms with Crippen molar-refractivity contribution in [1.29, 1.82) is 0 Å². The van der Waals surface area contributed by atoms with E-state index in [2.05, 4.69) is 18.7 Å². The maximum absolute atomic E-state index is 12.5. The van der Waals surface area contributed by atoms with Crippen molar-refractivity contribution < 1.29 is 4.79 Å². The van der Waals surface area contributed by atoms with Gasteiger partial charge in [-0.1, -0.05) is 20.3 Å². The second kappa shape index (κ2) is 7.49. The number of nitrogens with two attached hydrogens (primary N) is 1. The smallest absolute Gasteiger partial charge is 0.226 e. The summed E-state index contributed by atoms with van der Waals surface area (Å²) in [5.41, 5.74) is 5.78. The minimum atomic E-state index is 0. The van der Waals surface area contributed by atoms with Gasteiger partial charge in [0.1, 0.15) is 0 Å². The van der Waals surface area contributed by atoms with Crippen LogP contribution in [0.4, 0.5) is 0 Å². The van der Waals surface area contributed by atoms with Crippen LogP contribution in [0.25, 0.3) is 0 Å². The van der Waals surface area contributed by atoms with Gasteiger partial charge in [0.25, 0.3) is 0 Å². The van der Waals surface area contributed by atoms with Crippen molar-refractivity contribution in [3.63, 3.8) is 0 Å². The molecular formula is C15H29ClN2O. The molecule has 1 saturated heterocycles. The second-order valence-corrected chi connectivity index (χ2v) is 6.60. The zero-order chi connectivity index (χ0) is 13.1. The molecule has 3 nitrogen and oxygen atoms in total. The van der Waals surface area contributed by atoms with E-state index in [9.17, 15) is 4.79 Å². The summed E-state index contributed by atoms with van der Waals surface area (Å²) in [5.74, 6) is 2.55. The molecule has 0 aromatic carbocycles. The normalized spacial score (nSPS) is 30.7. The van der Waals surface area contributed by atoms with Gasteiger partial charge in [0.2, 0.25) is 5.91 Å². The third kappa shape index (κ3) is 4.09. The maximum atomic E-state index is 12.5. The van der Waals surface area contributed by atoms with Crippen LogP contribution >= 0.6 is 12.4 Å². The lowest BCUT2D eigenvalue weighted by atomic mass is 9.94. The third-order valence-electron chi connectivity index (χ3n) is 4.68. The molecule has 1 amide bonds. The van der Waals surface area contributed by atoms with Crippen molar-refractivity contribution >= 4 is 18.3 Å². The van der Waals surface area contributed by atoms with Crippen LogP contribution in [0.5, 0.6) is 0 Å².